The molecule has 0 aromatic rings. The van der Waals surface area contributed by atoms with Crippen LogP contribution < -0.4 is 0 Å². The largest absolute Gasteiger partial charge is 0.394 e. The van der Waals surface area contributed by atoms with Gasteiger partial charge >= 0.3 is 0 Å². The third-order valence-electron chi connectivity index (χ3n) is 2.81. The summed E-state index contributed by atoms with van der Waals surface area (Å²) in [5.74, 6) is -2.03. The first-order chi connectivity index (χ1) is 8.86. The number of aliphatic hydroxyl groups is 5. The molecule has 0 aliphatic carbocycles. The number of aliphatic hydroxyl groups excluding tert-OH is 5. The summed E-state index contributed by atoms with van der Waals surface area (Å²) in [6, 6.07) is 0. The molecule has 0 aliphatic rings. The minimum Gasteiger partial charge on any atom is -0.394 e. The highest BCUT2D eigenvalue weighted by molar-refractivity contribution is 6.38. The molecular weight excluding hydrogens is 256 g/mol. The van der Waals surface area contributed by atoms with Crippen molar-refractivity contribution in [3.63, 3.8) is 0 Å². The molecule has 0 aliphatic heterocycles. The molecule has 7 nitrogen and oxygen atoms in total. The van der Waals surface area contributed by atoms with E-state index >= 15 is 0 Å². The van der Waals surface area contributed by atoms with Crippen molar-refractivity contribution in [2.45, 2.75) is 57.0 Å². The molecule has 0 bridgehead atoms. The SMILES string of the molecule is CCCCCC(=O)C(=O)[C@H](O)[C@@H](O)[C@H](O)[C@H](O)CO. The number of carbonyl (C=O) groups is 2. The number of hydrogen-bond donors (Lipinski definition) is 5. The maximum atomic E-state index is 11.5. The summed E-state index contributed by atoms with van der Waals surface area (Å²) in [7, 11) is 0. The minimum absolute atomic E-state index is 0.0326. The molecule has 0 spiro atoms. The van der Waals surface area contributed by atoms with Crippen LogP contribution in [0.1, 0.15) is 32.6 Å². The summed E-state index contributed by atoms with van der Waals surface area (Å²) in [5, 5.41) is 45.9. The molecule has 19 heavy (non-hydrogen) atoms. The Morgan fingerprint density at radius 2 is 1.58 bits per heavy atom. The predicted molar refractivity (Wildman–Crippen MR) is 65.3 cm³/mol. The van der Waals surface area contributed by atoms with Crippen LogP contribution in [0.2, 0.25) is 0 Å². The first-order valence-electron chi connectivity index (χ1n) is 6.26. The van der Waals surface area contributed by atoms with E-state index in [0.717, 1.165) is 12.8 Å². The van der Waals surface area contributed by atoms with E-state index in [-0.39, 0.29) is 6.42 Å². The maximum Gasteiger partial charge on any atom is 0.229 e. The van der Waals surface area contributed by atoms with Crippen molar-refractivity contribution in [3.8, 4) is 0 Å². The van der Waals surface area contributed by atoms with Crippen molar-refractivity contribution in [1.82, 2.24) is 0 Å². The Labute approximate surface area is 111 Å². The van der Waals surface area contributed by atoms with Gasteiger partial charge in [-0.2, -0.15) is 0 Å². The quantitative estimate of drug-likeness (QED) is 0.233. The molecule has 0 unspecified atom stereocenters. The fourth-order valence-electron chi connectivity index (χ4n) is 1.50. The zero-order valence-corrected chi connectivity index (χ0v) is 10.9. The lowest BCUT2D eigenvalue weighted by atomic mass is 9.96. The summed E-state index contributed by atoms with van der Waals surface area (Å²) >= 11 is 0. The average Bonchev–Trinajstić information content (AvgIpc) is 2.43. The van der Waals surface area contributed by atoms with Crippen molar-refractivity contribution in [2.75, 3.05) is 6.61 Å². The number of ketones is 2. The maximum absolute atomic E-state index is 11.5. The number of carbonyl (C=O) groups excluding carboxylic acids is 2. The second kappa shape index (κ2) is 9.11. The Kier molecular flexibility index (Phi) is 8.70. The van der Waals surface area contributed by atoms with Crippen molar-refractivity contribution in [2.24, 2.45) is 0 Å². The van der Waals surface area contributed by atoms with Crippen LogP contribution in [0.15, 0.2) is 0 Å². The third kappa shape index (κ3) is 5.75. The van der Waals surface area contributed by atoms with Gasteiger partial charge in [0.25, 0.3) is 0 Å². The van der Waals surface area contributed by atoms with E-state index in [0.29, 0.717) is 6.42 Å². The van der Waals surface area contributed by atoms with Gasteiger partial charge in [-0.25, -0.2) is 0 Å². The zero-order chi connectivity index (χ0) is 15.0. The molecule has 0 saturated carbocycles. The lowest BCUT2D eigenvalue weighted by molar-refractivity contribution is -0.154. The van der Waals surface area contributed by atoms with E-state index in [1.165, 1.54) is 0 Å². The van der Waals surface area contributed by atoms with Crippen LogP contribution in [0.5, 0.6) is 0 Å². The van der Waals surface area contributed by atoms with Gasteiger partial charge in [0.05, 0.1) is 6.61 Å². The number of rotatable bonds is 10. The zero-order valence-electron chi connectivity index (χ0n) is 10.9. The van der Waals surface area contributed by atoms with E-state index in [9.17, 15) is 24.9 Å². The lowest BCUT2D eigenvalue weighted by Gasteiger charge is -2.24. The van der Waals surface area contributed by atoms with Gasteiger partial charge in [0.15, 0.2) is 0 Å². The van der Waals surface area contributed by atoms with E-state index in [2.05, 4.69) is 0 Å². The highest BCUT2D eigenvalue weighted by Gasteiger charge is 2.36. The Bertz CT molecular complexity index is 292. The molecule has 0 aromatic heterocycles. The predicted octanol–water partition coefficient (Wildman–Crippen LogP) is -1.86. The normalized spacial score (nSPS) is 17.6. The smallest absolute Gasteiger partial charge is 0.229 e. The lowest BCUT2D eigenvalue weighted by Crippen LogP contribution is -2.50. The van der Waals surface area contributed by atoms with Gasteiger partial charge in [-0.15, -0.1) is 0 Å². The monoisotopic (exact) mass is 278 g/mol. The van der Waals surface area contributed by atoms with Crippen molar-refractivity contribution in [1.29, 1.82) is 0 Å². The molecular formula is C12H22O7. The Morgan fingerprint density at radius 1 is 1.00 bits per heavy atom. The minimum atomic E-state index is -2.11. The van der Waals surface area contributed by atoms with Crippen LogP contribution in [-0.4, -0.2) is 68.1 Å². The summed E-state index contributed by atoms with van der Waals surface area (Å²) in [4.78, 5) is 22.9. The Morgan fingerprint density at radius 3 is 2.05 bits per heavy atom. The summed E-state index contributed by atoms with van der Waals surface area (Å²) in [6.45, 7) is 1.08. The fourth-order valence-corrected chi connectivity index (χ4v) is 1.50. The molecule has 4 atom stereocenters. The van der Waals surface area contributed by atoms with E-state index in [1.807, 2.05) is 6.92 Å². The Balaban J connectivity index is 4.42. The van der Waals surface area contributed by atoms with Crippen molar-refractivity contribution < 1.29 is 35.1 Å². The van der Waals surface area contributed by atoms with Gasteiger partial charge in [-0.05, 0) is 6.42 Å². The highest BCUT2D eigenvalue weighted by atomic mass is 16.4. The third-order valence-corrected chi connectivity index (χ3v) is 2.81. The molecule has 0 rings (SSSR count). The molecule has 0 radical (unpaired) electrons. The van der Waals surface area contributed by atoms with Gasteiger partial charge < -0.3 is 25.5 Å². The highest BCUT2D eigenvalue weighted by Crippen LogP contribution is 2.09. The number of unbranched alkanes of at least 4 members (excludes halogenated alkanes) is 2. The summed E-state index contributed by atoms with van der Waals surface area (Å²) < 4.78 is 0. The van der Waals surface area contributed by atoms with Crippen LogP contribution in [0.25, 0.3) is 0 Å². The molecule has 0 fully saturated rings. The number of Topliss-reactive ketones (excluding diaryl/α,β-unsaturated/α-hetero) is 2. The molecule has 0 amide bonds. The van der Waals surface area contributed by atoms with E-state index < -0.39 is 42.6 Å². The molecule has 0 saturated heterocycles. The van der Waals surface area contributed by atoms with Gasteiger partial charge in [-0.3, -0.25) is 9.59 Å². The van der Waals surface area contributed by atoms with Crippen molar-refractivity contribution >= 4 is 11.6 Å². The summed E-state index contributed by atoms with van der Waals surface area (Å²) in [5.41, 5.74) is 0. The topological polar surface area (TPSA) is 135 Å². The Hall–Kier alpha value is -0.860. The second-order valence-corrected chi connectivity index (χ2v) is 4.42. The molecule has 112 valence electrons. The van der Waals surface area contributed by atoms with Gasteiger partial charge in [-0.1, -0.05) is 19.8 Å². The summed E-state index contributed by atoms with van der Waals surface area (Å²) in [6.07, 6.45) is -5.63. The van der Waals surface area contributed by atoms with Crippen molar-refractivity contribution in [3.05, 3.63) is 0 Å². The second-order valence-electron chi connectivity index (χ2n) is 4.42. The number of hydrogen-bond acceptors (Lipinski definition) is 7. The van der Waals surface area contributed by atoms with Crippen LogP contribution in [0, 0.1) is 0 Å². The molecule has 0 heterocycles. The van der Waals surface area contributed by atoms with E-state index in [4.69, 9.17) is 10.2 Å². The van der Waals surface area contributed by atoms with Gasteiger partial charge in [0.2, 0.25) is 11.6 Å². The molecule has 5 N–H and O–H groups in total. The van der Waals surface area contributed by atoms with Crippen LogP contribution in [0.4, 0.5) is 0 Å². The van der Waals surface area contributed by atoms with Crippen LogP contribution in [-0.2, 0) is 9.59 Å². The van der Waals surface area contributed by atoms with Gasteiger partial charge in [0, 0.05) is 6.42 Å². The van der Waals surface area contributed by atoms with Crippen LogP contribution >= 0.6 is 0 Å². The van der Waals surface area contributed by atoms with E-state index in [1.54, 1.807) is 0 Å². The first kappa shape index (κ1) is 18.1. The molecule has 0 aromatic carbocycles. The van der Waals surface area contributed by atoms with Crippen LogP contribution in [0.3, 0.4) is 0 Å². The van der Waals surface area contributed by atoms with Gasteiger partial charge in [0.1, 0.15) is 24.4 Å². The average molecular weight is 278 g/mol. The fraction of sp³-hybridized carbons (Fsp3) is 0.833. The first-order valence-corrected chi connectivity index (χ1v) is 6.26. The standard InChI is InChI=1S/C12H22O7/c1-2-3-4-5-7(14)9(16)11(18)12(19)10(17)8(15)6-13/h8,10-13,15,17-19H,2-6H2,1H3/t8-,10-,11+,12+/m1/s1. The molecule has 7 heteroatoms.